The molecular formula is C23H19NO5. The smallest absolute Gasteiger partial charge is 0.300 e. The molecule has 2 aromatic carbocycles. The normalized spacial score (nSPS) is 18.2. The molecule has 0 radical (unpaired) electrons. The number of carbonyl (C=O) groups is 2. The number of furan rings is 1. The first kappa shape index (κ1) is 18.6. The number of rotatable bonds is 5. The fourth-order valence-corrected chi connectivity index (χ4v) is 3.46. The number of carbonyl (C=O) groups excluding carboxylic acids is 2. The number of amides is 1. The van der Waals surface area contributed by atoms with Gasteiger partial charge in [-0.25, -0.2) is 0 Å². The quantitative estimate of drug-likeness (QED) is 0.400. The van der Waals surface area contributed by atoms with E-state index in [9.17, 15) is 14.7 Å². The van der Waals surface area contributed by atoms with E-state index in [1.807, 2.05) is 6.92 Å². The molecule has 2 heterocycles. The minimum absolute atomic E-state index is 0.0158. The van der Waals surface area contributed by atoms with Gasteiger partial charge < -0.3 is 14.3 Å². The fourth-order valence-electron chi connectivity index (χ4n) is 3.46. The number of anilines is 1. The Balaban J connectivity index is 1.89. The molecule has 1 N–H and O–H groups in total. The highest BCUT2D eigenvalue weighted by Crippen LogP contribution is 2.42. The van der Waals surface area contributed by atoms with Crippen LogP contribution < -0.4 is 9.64 Å². The van der Waals surface area contributed by atoms with Crippen molar-refractivity contribution in [1.29, 1.82) is 0 Å². The van der Waals surface area contributed by atoms with Gasteiger partial charge >= 0.3 is 0 Å². The lowest BCUT2D eigenvalue weighted by Crippen LogP contribution is -2.29. The first-order chi connectivity index (χ1) is 14.1. The molecule has 1 saturated heterocycles. The Morgan fingerprint density at radius 3 is 2.55 bits per heavy atom. The first-order valence-corrected chi connectivity index (χ1v) is 9.24. The average Bonchev–Trinajstić information content (AvgIpc) is 3.36. The standard InChI is InChI=1S/C23H19NO5/c1-2-28-17-11-6-10-16(14-17)24-20(18-12-7-13-29-18)19(22(26)23(24)27)21(25)15-8-4-3-5-9-15/h3-14,20,25H,2H2,1H3/b21-19-. The number of hydrogen-bond donors (Lipinski definition) is 1. The Bertz CT molecular complexity index is 1070. The molecular weight excluding hydrogens is 370 g/mol. The maximum atomic E-state index is 13.0. The van der Waals surface area contributed by atoms with Crippen molar-refractivity contribution < 1.29 is 23.8 Å². The third-order valence-electron chi connectivity index (χ3n) is 4.71. The van der Waals surface area contributed by atoms with Crippen molar-refractivity contribution >= 4 is 23.1 Å². The van der Waals surface area contributed by atoms with Gasteiger partial charge in [0.25, 0.3) is 11.7 Å². The first-order valence-electron chi connectivity index (χ1n) is 9.24. The summed E-state index contributed by atoms with van der Waals surface area (Å²) in [4.78, 5) is 27.2. The molecule has 1 aliphatic rings. The zero-order valence-corrected chi connectivity index (χ0v) is 15.7. The predicted molar refractivity (Wildman–Crippen MR) is 108 cm³/mol. The Hall–Kier alpha value is -3.80. The molecule has 1 unspecified atom stereocenters. The molecule has 0 bridgehead atoms. The van der Waals surface area contributed by atoms with Gasteiger partial charge in [0.1, 0.15) is 23.3 Å². The maximum absolute atomic E-state index is 13.0. The van der Waals surface area contributed by atoms with E-state index < -0.39 is 17.7 Å². The summed E-state index contributed by atoms with van der Waals surface area (Å²) in [6.45, 7) is 2.33. The van der Waals surface area contributed by atoms with E-state index in [1.165, 1.54) is 11.2 Å². The van der Waals surface area contributed by atoms with Crippen LogP contribution in [0.5, 0.6) is 5.75 Å². The third-order valence-corrected chi connectivity index (χ3v) is 4.71. The molecule has 1 atom stereocenters. The average molecular weight is 389 g/mol. The lowest BCUT2D eigenvalue weighted by atomic mass is 9.99. The summed E-state index contributed by atoms with van der Waals surface area (Å²) >= 11 is 0. The van der Waals surface area contributed by atoms with Gasteiger partial charge in [-0.2, -0.15) is 0 Å². The van der Waals surface area contributed by atoms with E-state index in [4.69, 9.17) is 9.15 Å². The predicted octanol–water partition coefficient (Wildman–Crippen LogP) is 4.30. The van der Waals surface area contributed by atoms with Gasteiger partial charge in [0.2, 0.25) is 0 Å². The van der Waals surface area contributed by atoms with Crippen LogP contribution in [-0.4, -0.2) is 23.4 Å². The Morgan fingerprint density at radius 2 is 1.86 bits per heavy atom. The second-order valence-corrected chi connectivity index (χ2v) is 6.48. The monoisotopic (exact) mass is 389 g/mol. The van der Waals surface area contributed by atoms with E-state index in [1.54, 1.807) is 66.7 Å². The lowest BCUT2D eigenvalue weighted by Gasteiger charge is -2.23. The summed E-state index contributed by atoms with van der Waals surface area (Å²) in [6.07, 6.45) is 1.47. The van der Waals surface area contributed by atoms with Crippen LogP contribution in [0.2, 0.25) is 0 Å². The zero-order valence-electron chi connectivity index (χ0n) is 15.7. The molecule has 1 aromatic heterocycles. The molecule has 1 aliphatic heterocycles. The van der Waals surface area contributed by atoms with Crippen molar-refractivity contribution in [3.8, 4) is 5.75 Å². The van der Waals surface area contributed by atoms with Crippen molar-refractivity contribution in [1.82, 2.24) is 0 Å². The fraction of sp³-hybridized carbons (Fsp3) is 0.130. The highest BCUT2D eigenvalue weighted by atomic mass is 16.5. The minimum atomic E-state index is -0.887. The summed E-state index contributed by atoms with van der Waals surface area (Å²) < 4.78 is 11.1. The zero-order chi connectivity index (χ0) is 20.4. The van der Waals surface area contributed by atoms with Crippen molar-refractivity contribution in [3.63, 3.8) is 0 Å². The van der Waals surface area contributed by atoms with Crippen LogP contribution in [0.1, 0.15) is 24.3 Å². The van der Waals surface area contributed by atoms with Crippen LogP contribution in [0.4, 0.5) is 5.69 Å². The number of ketones is 1. The van der Waals surface area contributed by atoms with E-state index in [0.29, 0.717) is 29.4 Å². The topological polar surface area (TPSA) is 80.0 Å². The molecule has 6 nitrogen and oxygen atoms in total. The highest BCUT2D eigenvalue weighted by Gasteiger charge is 2.48. The molecule has 29 heavy (non-hydrogen) atoms. The van der Waals surface area contributed by atoms with Crippen LogP contribution in [0.3, 0.4) is 0 Å². The Morgan fingerprint density at radius 1 is 1.07 bits per heavy atom. The lowest BCUT2D eigenvalue weighted by molar-refractivity contribution is -0.132. The van der Waals surface area contributed by atoms with E-state index in [-0.39, 0.29) is 11.3 Å². The van der Waals surface area contributed by atoms with Crippen molar-refractivity contribution in [2.75, 3.05) is 11.5 Å². The number of nitrogens with zero attached hydrogens (tertiary/aromatic N) is 1. The van der Waals surface area contributed by atoms with E-state index in [2.05, 4.69) is 0 Å². The molecule has 0 spiro atoms. The number of benzene rings is 2. The van der Waals surface area contributed by atoms with Crippen molar-refractivity contribution in [2.45, 2.75) is 13.0 Å². The van der Waals surface area contributed by atoms with Gasteiger partial charge in [0.05, 0.1) is 18.4 Å². The molecule has 146 valence electrons. The minimum Gasteiger partial charge on any atom is -0.507 e. The summed E-state index contributed by atoms with van der Waals surface area (Å²) in [5, 5.41) is 10.9. The Labute approximate surface area is 167 Å². The molecule has 6 heteroatoms. The Kier molecular flexibility index (Phi) is 4.91. The highest BCUT2D eigenvalue weighted by molar-refractivity contribution is 6.51. The number of ether oxygens (including phenoxy) is 1. The molecule has 0 aliphatic carbocycles. The van der Waals surface area contributed by atoms with Gasteiger partial charge in [-0.15, -0.1) is 0 Å². The van der Waals surface area contributed by atoms with Gasteiger partial charge in [-0.3, -0.25) is 14.5 Å². The van der Waals surface area contributed by atoms with Crippen LogP contribution in [0, 0.1) is 0 Å². The van der Waals surface area contributed by atoms with Crippen LogP contribution in [0.25, 0.3) is 5.76 Å². The van der Waals surface area contributed by atoms with Crippen LogP contribution >= 0.6 is 0 Å². The number of aliphatic hydroxyl groups excluding tert-OH is 1. The van der Waals surface area contributed by atoms with E-state index in [0.717, 1.165) is 0 Å². The summed E-state index contributed by atoms with van der Waals surface area (Å²) in [7, 11) is 0. The van der Waals surface area contributed by atoms with Crippen molar-refractivity contribution in [3.05, 3.63) is 89.9 Å². The van der Waals surface area contributed by atoms with Gasteiger partial charge in [-0.05, 0) is 31.2 Å². The second kappa shape index (κ2) is 7.67. The second-order valence-electron chi connectivity index (χ2n) is 6.48. The van der Waals surface area contributed by atoms with Crippen LogP contribution in [-0.2, 0) is 9.59 Å². The molecule has 0 saturated carbocycles. The largest absolute Gasteiger partial charge is 0.507 e. The SMILES string of the molecule is CCOc1cccc(N2C(=O)C(=O)/C(=C(\O)c3ccccc3)C2c2ccco2)c1. The summed E-state index contributed by atoms with van der Waals surface area (Å²) in [5.41, 5.74) is 0.912. The summed E-state index contributed by atoms with van der Waals surface area (Å²) in [5.74, 6) is -0.794. The molecule has 3 aromatic rings. The number of aliphatic hydroxyl groups is 1. The van der Waals surface area contributed by atoms with Crippen LogP contribution in [0.15, 0.2) is 83.0 Å². The van der Waals surface area contributed by atoms with Gasteiger partial charge in [0, 0.05) is 17.3 Å². The molecule has 1 amide bonds. The third kappa shape index (κ3) is 3.29. The number of Topliss-reactive ketones (excluding diaryl/α,β-unsaturated/α-hetero) is 1. The summed E-state index contributed by atoms with van der Waals surface area (Å²) in [6, 6.07) is 18.0. The van der Waals surface area contributed by atoms with E-state index >= 15 is 0 Å². The maximum Gasteiger partial charge on any atom is 0.300 e. The van der Waals surface area contributed by atoms with Gasteiger partial charge in [0.15, 0.2) is 0 Å². The molecule has 1 fully saturated rings. The van der Waals surface area contributed by atoms with Gasteiger partial charge in [-0.1, -0.05) is 36.4 Å². The van der Waals surface area contributed by atoms with Crippen molar-refractivity contribution in [2.24, 2.45) is 0 Å². The molecule has 4 rings (SSSR count). The number of hydrogen-bond acceptors (Lipinski definition) is 5.